The van der Waals surface area contributed by atoms with Crippen LogP contribution >= 0.6 is 0 Å². The Hall–Kier alpha value is -0.700. The summed E-state index contributed by atoms with van der Waals surface area (Å²) in [6.45, 7) is 4.24. The second-order valence-electron chi connectivity index (χ2n) is 4.41. The summed E-state index contributed by atoms with van der Waals surface area (Å²) in [7, 11) is -2.22. The Morgan fingerprint density at radius 2 is 2.22 bits per heavy atom. The predicted octanol–water partition coefficient (Wildman–Crippen LogP) is -0.507. The van der Waals surface area contributed by atoms with Crippen LogP contribution < -0.4 is 4.72 Å². The van der Waals surface area contributed by atoms with Crippen LogP contribution in [0.25, 0.3) is 0 Å². The van der Waals surface area contributed by atoms with Crippen molar-refractivity contribution in [3.05, 3.63) is 0 Å². The molecule has 0 spiro atoms. The zero-order chi connectivity index (χ0) is 13.8. The smallest absolute Gasteiger partial charge is 0.308 e. The molecule has 8 heteroatoms. The molecule has 106 valence electrons. The molecule has 0 aromatic heterocycles. The molecular weight excluding hydrogens is 260 g/mol. The highest BCUT2D eigenvalue weighted by Crippen LogP contribution is 2.12. The Labute approximate surface area is 108 Å². The molecule has 1 unspecified atom stereocenters. The summed E-state index contributed by atoms with van der Waals surface area (Å²) in [4.78, 5) is 11.1. The first-order chi connectivity index (χ1) is 8.35. The van der Waals surface area contributed by atoms with Gasteiger partial charge in [-0.3, -0.25) is 4.79 Å². The summed E-state index contributed by atoms with van der Waals surface area (Å²) in [6.07, 6.45) is -0.389. The number of esters is 1. The van der Waals surface area contributed by atoms with E-state index in [9.17, 15) is 13.2 Å². The van der Waals surface area contributed by atoms with E-state index in [-0.39, 0.29) is 25.6 Å². The van der Waals surface area contributed by atoms with Crippen molar-refractivity contribution in [3.63, 3.8) is 0 Å². The van der Waals surface area contributed by atoms with E-state index in [0.717, 1.165) is 0 Å². The van der Waals surface area contributed by atoms with E-state index < -0.39 is 22.3 Å². The van der Waals surface area contributed by atoms with Crippen molar-refractivity contribution in [2.45, 2.75) is 32.4 Å². The van der Waals surface area contributed by atoms with Crippen LogP contribution in [0.3, 0.4) is 0 Å². The van der Waals surface area contributed by atoms with Gasteiger partial charge in [0.05, 0.1) is 26.2 Å². The molecule has 1 heterocycles. The first-order valence-corrected chi connectivity index (χ1v) is 7.25. The maximum absolute atomic E-state index is 11.9. The number of nitrogens with one attached hydrogen (secondary N) is 1. The fraction of sp³-hybridized carbons (Fsp3) is 0.900. The monoisotopic (exact) mass is 280 g/mol. The minimum absolute atomic E-state index is 0.0597. The van der Waals surface area contributed by atoms with E-state index in [2.05, 4.69) is 9.46 Å². The molecule has 1 saturated heterocycles. The minimum atomic E-state index is -3.51. The van der Waals surface area contributed by atoms with Gasteiger partial charge in [-0.2, -0.15) is 17.4 Å². The van der Waals surface area contributed by atoms with Crippen LogP contribution in [-0.4, -0.2) is 57.6 Å². The molecule has 0 bridgehead atoms. The van der Waals surface area contributed by atoms with Crippen molar-refractivity contribution in [2.24, 2.45) is 0 Å². The van der Waals surface area contributed by atoms with Crippen molar-refractivity contribution in [3.8, 4) is 0 Å². The second kappa shape index (κ2) is 6.46. The molecule has 0 saturated carbocycles. The lowest BCUT2D eigenvalue weighted by molar-refractivity contribution is -0.145. The Kier molecular flexibility index (Phi) is 5.51. The summed E-state index contributed by atoms with van der Waals surface area (Å²) < 4.78 is 37.6. The number of methoxy groups -OCH3 is 1. The van der Waals surface area contributed by atoms with Crippen LogP contribution in [0.4, 0.5) is 0 Å². The first kappa shape index (κ1) is 15.4. The molecular formula is C10H20N2O5S. The van der Waals surface area contributed by atoms with Crippen LogP contribution in [0.15, 0.2) is 0 Å². The Morgan fingerprint density at radius 1 is 1.56 bits per heavy atom. The van der Waals surface area contributed by atoms with Gasteiger partial charge < -0.3 is 9.47 Å². The second-order valence-corrected chi connectivity index (χ2v) is 6.11. The summed E-state index contributed by atoms with van der Waals surface area (Å²) in [5.74, 6) is -0.406. The molecule has 1 fully saturated rings. The highest BCUT2D eigenvalue weighted by Gasteiger charge is 2.30. The van der Waals surface area contributed by atoms with E-state index in [0.29, 0.717) is 6.54 Å². The summed E-state index contributed by atoms with van der Waals surface area (Å²) >= 11 is 0. The standard InChI is InChI=1S/C10H20N2O5S/c1-8(2)11-18(14,15)12-4-5-17-9(7-12)6-10(13)16-3/h8-9,11H,4-7H2,1-3H3. The van der Waals surface area contributed by atoms with Crippen LogP contribution in [0.5, 0.6) is 0 Å². The van der Waals surface area contributed by atoms with E-state index in [1.807, 2.05) is 0 Å². The van der Waals surface area contributed by atoms with Gasteiger partial charge in [0.2, 0.25) is 0 Å². The number of nitrogens with zero attached hydrogens (tertiary/aromatic N) is 1. The maximum Gasteiger partial charge on any atom is 0.308 e. The zero-order valence-corrected chi connectivity index (χ0v) is 11.7. The van der Waals surface area contributed by atoms with Gasteiger partial charge in [0.1, 0.15) is 0 Å². The van der Waals surface area contributed by atoms with E-state index in [4.69, 9.17) is 4.74 Å². The number of hydrogen-bond acceptors (Lipinski definition) is 5. The average Bonchev–Trinajstić information content (AvgIpc) is 2.27. The number of carbonyl (C=O) groups is 1. The van der Waals surface area contributed by atoms with Crippen molar-refractivity contribution < 1.29 is 22.7 Å². The van der Waals surface area contributed by atoms with Gasteiger partial charge >= 0.3 is 5.97 Å². The summed E-state index contributed by atoms with van der Waals surface area (Å²) in [5.41, 5.74) is 0. The molecule has 0 amide bonds. The fourth-order valence-electron chi connectivity index (χ4n) is 1.68. The lowest BCUT2D eigenvalue weighted by Gasteiger charge is -2.32. The van der Waals surface area contributed by atoms with Crippen LogP contribution in [0.2, 0.25) is 0 Å². The third kappa shape index (κ3) is 4.52. The Balaban J connectivity index is 2.60. The molecule has 0 aromatic carbocycles. The number of morpholine rings is 1. The third-order valence-electron chi connectivity index (χ3n) is 2.45. The molecule has 1 aliphatic heterocycles. The topological polar surface area (TPSA) is 84.9 Å². The minimum Gasteiger partial charge on any atom is -0.469 e. The molecule has 0 aromatic rings. The Bertz CT molecular complexity index is 382. The predicted molar refractivity (Wildman–Crippen MR) is 65.1 cm³/mol. The van der Waals surface area contributed by atoms with Gasteiger partial charge in [0.25, 0.3) is 10.2 Å². The number of rotatable bonds is 5. The SMILES string of the molecule is COC(=O)CC1CN(S(=O)(=O)NC(C)C)CCO1. The molecule has 1 aliphatic rings. The molecule has 0 aliphatic carbocycles. The van der Waals surface area contributed by atoms with E-state index >= 15 is 0 Å². The lowest BCUT2D eigenvalue weighted by atomic mass is 10.2. The van der Waals surface area contributed by atoms with Gasteiger partial charge in [0, 0.05) is 19.1 Å². The maximum atomic E-state index is 11.9. The van der Waals surface area contributed by atoms with Crippen molar-refractivity contribution in [2.75, 3.05) is 26.8 Å². The summed E-state index contributed by atoms with van der Waals surface area (Å²) in [6, 6.07) is -0.170. The van der Waals surface area contributed by atoms with Gasteiger partial charge in [-0.1, -0.05) is 0 Å². The van der Waals surface area contributed by atoms with Crippen LogP contribution in [-0.2, 0) is 24.5 Å². The highest BCUT2D eigenvalue weighted by atomic mass is 32.2. The molecule has 1 atom stereocenters. The fourth-order valence-corrected chi connectivity index (χ4v) is 3.10. The van der Waals surface area contributed by atoms with Gasteiger partial charge in [-0.15, -0.1) is 0 Å². The number of hydrogen-bond donors (Lipinski definition) is 1. The largest absolute Gasteiger partial charge is 0.469 e. The summed E-state index contributed by atoms with van der Waals surface area (Å²) in [5, 5.41) is 0. The van der Waals surface area contributed by atoms with Gasteiger partial charge in [-0.25, -0.2) is 0 Å². The Morgan fingerprint density at radius 3 is 2.78 bits per heavy atom. The quantitative estimate of drug-likeness (QED) is 0.686. The van der Waals surface area contributed by atoms with E-state index in [1.165, 1.54) is 11.4 Å². The molecule has 1 N–H and O–H groups in total. The van der Waals surface area contributed by atoms with E-state index in [1.54, 1.807) is 13.8 Å². The molecule has 1 rings (SSSR count). The number of ether oxygens (including phenoxy) is 2. The zero-order valence-electron chi connectivity index (χ0n) is 10.9. The van der Waals surface area contributed by atoms with Crippen molar-refractivity contribution in [1.82, 2.24) is 9.03 Å². The lowest BCUT2D eigenvalue weighted by Crippen LogP contribution is -2.51. The van der Waals surface area contributed by atoms with Gasteiger partial charge in [0.15, 0.2) is 0 Å². The van der Waals surface area contributed by atoms with Gasteiger partial charge in [-0.05, 0) is 13.8 Å². The van der Waals surface area contributed by atoms with Crippen molar-refractivity contribution >= 4 is 16.2 Å². The third-order valence-corrected chi connectivity index (χ3v) is 4.23. The average molecular weight is 280 g/mol. The van der Waals surface area contributed by atoms with Crippen LogP contribution in [0.1, 0.15) is 20.3 Å². The van der Waals surface area contributed by atoms with Crippen molar-refractivity contribution in [1.29, 1.82) is 0 Å². The molecule has 18 heavy (non-hydrogen) atoms. The number of carbonyl (C=O) groups excluding carboxylic acids is 1. The highest BCUT2D eigenvalue weighted by molar-refractivity contribution is 7.87. The molecule has 0 radical (unpaired) electrons. The normalized spacial score (nSPS) is 22.1. The van der Waals surface area contributed by atoms with Crippen LogP contribution in [0, 0.1) is 0 Å². The first-order valence-electron chi connectivity index (χ1n) is 5.81. The molecule has 7 nitrogen and oxygen atoms in total.